The van der Waals surface area contributed by atoms with Gasteiger partial charge in [-0.15, -0.1) is 6.58 Å². The molecule has 0 N–H and O–H groups in total. The van der Waals surface area contributed by atoms with Gasteiger partial charge in [-0.25, -0.2) is 4.98 Å². The van der Waals surface area contributed by atoms with Gasteiger partial charge in [0.25, 0.3) is 0 Å². The van der Waals surface area contributed by atoms with Crippen LogP contribution in [0.25, 0.3) is 10.9 Å². The van der Waals surface area contributed by atoms with Gasteiger partial charge in [0.05, 0.1) is 18.7 Å². The van der Waals surface area contributed by atoms with E-state index in [0.29, 0.717) is 17.9 Å². The van der Waals surface area contributed by atoms with Gasteiger partial charge >= 0.3 is 0 Å². The van der Waals surface area contributed by atoms with Crippen molar-refractivity contribution in [1.82, 2.24) is 9.88 Å². The summed E-state index contributed by atoms with van der Waals surface area (Å²) in [5.74, 6) is 2.17. The first kappa shape index (κ1) is 24.2. The monoisotopic (exact) mass is 564 g/mol. The van der Waals surface area contributed by atoms with Crippen LogP contribution in [0.4, 0.5) is 0 Å². The highest BCUT2D eigenvalue weighted by Crippen LogP contribution is 2.47. The minimum Gasteiger partial charge on any atom is -0.497 e. The zero-order valence-electron chi connectivity index (χ0n) is 20.3. The Bertz CT molecular complexity index is 1000. The van der Waals surface area contributed by atoms with Crippen molar-refractivity contribution < 1.29 is 9.16 Å². The number of benzene rings is 1. The summed E-state index contributed by atoms with van der Waals surface area (Å²) in [6, 6.07) is 8.84. The first-order valence-electron chi connectivity index (χ1n) is 11.7. The van der Waals surface area contributed by atoms with Gasteiger partial charge in [-0.1, -0.05) is 26.8 Å². The molecule has 2 aromatic rings. The van der Waals surface area contributed by atoms with Crippen LogP contribution in [0.2, 0.25) is 18.1 Å². The third-order valence-electron chi connectivity index (χ3n) is 8.05. The standard InChI is InChI=1S/C26H37IN2O2Si/c1-8-17-16-29-12-11-18(17)13-23(29)25(31-32(6,7)26(2,3)4)21-15-24(27)28-22-10-9-19(30-5)14-20(21)22/h8-10,14-15,17-18,23,25H,1,11-13,16H2,2-7H3/t17-,18-,23-,25+/m0/s1. The fraction of sp³-hybridized carbons (Fsp3) is 0.577. The lowest BCUT2D eigenvalue weighted by Gasteiger charge is -2.53. The van der Waals surface area contributed by atoms with E-state index in [1.165, 1.54) is 18.4 Å². The Morgan fingerprint density at radius 3 is 2.62 bits per heavy atom. The predicted octanol–water partition coefficient (Wildman–Crippen LogP) is 6.81. The van der Waals surface area contributed by atoms with Crippen molar-refractivity contribution in [2.75, 3.05) is 20.2 Å². The van der Waals surface area contributed by atoms with E-state index in [1.807, 2.05) is 6.07 Å². The SMILES string of the molecule is C=C[C@H]1CN2CC[C@H]1C[C@H]2[C@H](O[Si](C)(C)C(C)(C)C)c1cc(I)nc2ccc(OC)cc12. The Morgan fingerprint density at radius 1 is 1.28 bits per heavy atom. The Kier molecular flexibility index (Phi) is 6.80. The lowest BCUT2D eigenvalue weighted by molar-refractivity contribution is -0.0398. The van der Waals surface area contributed by atoms with Crippen LogP contribution in [0.15, 0.2) is 36.9 Å². The summed E-state index contributed by atoms with van der Waals surface area (Å²) in [5.41, 5.74) is 2.27. The van der Waals surface area contributed by atoms with Crippen LogP contribution in [0.1, 0.15) is 45.3 Å². The van der Waals surface area contributed by atoms with Crippen LogP contribution in [0.3, 0.4) is 0 Å². The summed E-state index contributed by atoms with van der Waals surface area (Å²) in [7, 11) is -0.287. The molecule has 0 aliphatic carbocycles. The number of fused-ring (bicyclic) bond motifs is 4. The van der Waals surface area contributed by atoms with Crippen molar-refractivity contribution in [3.05, 3.63) is 46.2 Å². The van der Waals surface area contributed by atoms with Crippen molar-refractivity contribution in [1.29, 1.82) is 0 Å². The van der Waals surface area contributed by atoms with Gasteiger partial charge in [-0.2, -0.15) is 0 Å². The number of hydrogen-bond acceptors (Lipinski definition) is 4. The van der Waals surface area contributed by atoms with E-state index < -0.39 is 8.32 Å². The van der Waals surface area contributed by atoms with Crippen molar-refractivity contribution in [2.45, 2.75) is 63.9 Å². The fourth-order valence-electron chi connectivity index (χ4n) is 5.10. The smallest absolute Gasteiger partial charge is 0.192 e. The molecule has 174 valence electrons. The third-order valence-corrected chi connectivity index (χ3v) is 13.1. The van der Waals surface area contributed by atoms with Crippen LogP contribution in [0, 0.1) is 15.5 Å². The quantitative estimate of drug-likeness (QED) is 0.167. The zero-order chi connectivity index (χ0) is 23.3. The summed E-state index contributed by atoms with van der Waals surface area (Å²) in [6.45, 7) is 18.1. The molecule has 0 radical (unpaired) electrons. The van der Waals surface area contributed by atoms with Crippen LogP contribution >= 0.6 is 22.6 Å². The van der Waals surface area contributed by atoms with E-state index in [0.717, 1.165) is 33.4 Å². The normalized spacial score (nSPS) is 26.8. The highest BCUT2D eigenvalue weighted by Gasteiger charge is 2.47. The van der Waals surface area contributed by atoms with Gasteiger partial charge in [-0.3, -0.25) is 4.90 Å². The number of methoxy groups -OCH3 is 1. The largest absolute Gasteiger partial charge is 0.497 e. The van der Waals surface area contributed by atoms with E-state index in [9.17, 15) is 0 Å². The number of piperidine rings is 3. The molecule has 1 unspecified atom stereocenters. The predicted molar refractivity (Wildman–Crippen MR) is 144 cm³/mol. The topological polar surface area (TPSA) is 34.6 Å². The van der Waals surface area contributed by atoms with Gasteiger partial charge in [-0.05, 0) is 102 Å². The molecule has 32 heavy (non-hydrogen) atoms. The molecule has 2 bridgehead atoms. The minimum absolute atomic E-state index is 0.0237. The second-order valence-electron chi connectivity index (χ2n) is 11.0. The Morgan fingerprint density at radius 2 is 2.03 bits per heavy atom. The number of rotatable bonds is 6. The third kappa shape index (κ3) is 4.52. The highest BCUT2D eigenvalue weighted by atomic mass is 127. The Hall–Kier alpha value is -0.963. The summed E-state index contributed by atoms with van der Waals surface area (Å²) >= 11 is 2.35. The molecule has 5 rings (SSSR count). The molecule has 4 nitrogen and oxygen atoms in total. The van der Waals surface area contributed by atoms with E-state index in [1.54, 1.807) is 7.11 Å². The van der Waals surface area contributed by atoms with E-state index in [-0.39, 0.29) is 11.1 Å². The van der Waals surface area contributed by atoms with Crippen LogP contribution in [0.5, 0.6) is 5.75 Å². The summed E-state index contributed by atoms with van der Waals surface area (Å²) in [6.07, 6.45) is 4.63. The van der Waals surface area contributed by atoms with Crippen molar-refractivity contribution in [3.63, 3.8) is 0 Å². The van der Waals surface area contributed by atoms with E-state index in [2.05, 4.69) is 92.2 Å². The number of pyridine rings is 1. The van der Waals surface area contributed by atoms with Gasteiger partial charge in [0.15, 0.2) is 8.32 Å². The van der Waals surface area contributed by atoms with Crippen LogP contribution in [-0.4, -0.2) is 44.4 Å². The molecule has 0 amide bonds. The lowest BCUT2D eigenvalue weighted by atomic mass is 9.73. The lowest BCUT2D eigenvalue weighted by Crippen LogP contribution is -2.57. The fourth-order valence-corrected chi connectivity index (χ4v) is 6.96. The van der Waals surface area contributed by atoms with E-state index in [4.69, 9.17) is 14.1 Å². The van der Waals surface area contributed by atoms with Crippen molar-refractivity contribution in [2.24, 2.45) is 11.8 Å². The zero-order valence-corrected chi connectivity index (χ0v) is 23.5. The van der Waals surface area contributed by atoms with Crippen molar-refractivity contribution >= 4 is 41.8 Å². The van der Waals surface area contributed by atoms with Crippen molar-refractivity contribution in [3.8, 4) is 5.75 Å². The maximum atomic E-state index is 7.29. The molecule has 6 heteroatoms. The Labute approximate surface area is 208 Å². The van der Waals surface area contributed by atoms with Gasteiger partial charge in [0, 0.05) is 18.0 Å². The maximum absolute atomic E-state index is 7.29. The first-order valence-corrected chi connectivity index (χ1v) is 15.7. The Balaban J connectivity index is 1.84. The number of aromatic nitrogens is 1. The summed E-state index contributed by atoms with van der Waals surface area (Å²) < 4.78 is 13.9. The number of ether oxygens (including phenoxy) is 1. The second kappa shape index (κ2) is 9.00. The van der Waals surface area contributed by atoms with E-state index >= 15 is 0 Å². The molecule has 1 aromatic heterocycles. The van der Waals surface area contributed by atoms with Gasteiger partial charge < -0.3 is 9.16 Å². The highest BCUT2D eigenvalue weighted by molar-refractivity contribution is 14.1. The van der Waals surface area contributed by atoms with Crippen LogP contribution in [-0.2, 0) is 4.43 Å². The number of nitrogens with zero attached hydrogens (tertiary/aromatic N) is 2. The average Bonchev–Trinajstić information content (AvgIpc) is 2.76. The average molecular weight is 565 g/mol. The molecule has 3 aliphatic heterocycles. The summed E-state index contributed by atoms with van der Waals surface area (Å²) in [5, 5.41) is 1.29. The first-order chi connectivity index (χ1) is 15.0. The molecule has 1 aromatic carbocycles. The molecule has 4 heterocycles. The van der Waals surface area contributed by atoms with Crippen LogP contribution < -0.4 is 4.74 Å². The molecule has 3 saturated heterocycles. The molecule has 3 aliphatic rings. The number of halogens is 1. The molecular formula is C26H37IN2O2Si. The molecule has 0 saturated carbocycles. The molecular weight excluding hydrogens is 527 g/mol. The van der Waals surface area contributed by atoms with Gasteiger partial charge in [0.1, 0.15) is 9.45 Å². The van der Waals surface area contributed by atoms with Gasteiger partial charge in [0.2, 0.25) is 0 Å². The second-order valence-corrected chi connectivity index (χ2v) is 16.8. The molecule has 5 atom stereocenters. The molecule has 3 fully saturated rings. The number of hydrogen-bond donors (Lipinski definition) is 0. The summed E-state index contributed by atoms with van der Waals surface area (Å²) in [4.78, 5) is 7.49. The maximum Gasteiger partial charge on any atom is 0.192 e. The minimum atomic E-state index is -2.02. The molecule has 0 spiro atoms.